The molecule has 23 heavy (non-hydrogen) atoms. The second-order valence-corrected chi connectivity index (χ2v) is 6.48. The lowest BCUT2D eigenvalue weighted by molar-refractivity contribution is 1.19. The number of hydrogen-bond acceptors (Lipinski definition) is 3. The van der Waals surface area contributed by atoms with Crippen LogP contribution in [0.5, 0.6) is 0 Å². The highest BCUT2D eigenvalue weighted by Crippen LogP contribution is 2.48. The molecule has 3 aromatic rings. The van der Waals surface area contributed by atoms with Gasteiger partial charge in [0.05, 0.1) is 16.4 Å². The Kier molecular flexibility index (Phi) is 3.64. The number of fused-ring (bicyclic) bond motifs is 3. The molecule has 2 nitrogen and oxygen atoms in total. The van der Waals surface area contributed by atoms with Crippen molar-refractivity contribution in [3.63, 3.8) is 0 Å². The molecular weight excluding hydrogens is 300 g/mol. The first-order valence-corrected chi connectivity index (χ1v) is 8.37. The zero-order valence-electron chi connectivity index (χ0n) is 12.8. The third-order valence-electron chi connectivity index (χ3n) is 3.94. The van der Waals surface area contributed by atoms with Crippen molar-refractivity contribution in [3.8, 4) is 0 Å². The number of benzene rings is 3. The topological polar surface area (TPSA) is 15.6 Å². The summed E-state index contributed by atoms with van der Waals surface area (Å²) in [6, 6.07) is 22.9. The van der Waals surface area contributed by atoms with Crippen LogP contribution in [-0.2, 0) is 0 Å². The number of aliphatic imine (C=N–C) groups is 1. The standard InChI is InChI=1S/C20H16N2S/c1-22-19(13-14-21-16-8-3-2-4-9-16)23-18-12-11-15-7-5-6-10-17(15)20(18)22/h2-14H,1H3/b19-13-,21-14?. The lowest BCUT2D eigenvalue weighted by Crippen LogP contribution is -2.10. The summed E-state index contributed by atoms with van der Waals surface area (Å²) in [5.41, 5.74) is 2.26. The van der Waals surface area contributed by atoms with Crippen molar-refractivity contribution in [2.45, 2.75) is 4.90 Å². The van der Waals surface area contributed by atoms with Gasteiger partial charge in [-0.2, -0.15) is 0 Å². The lowest BCUT2D eigenvalue weighted by atomic mass is 10.1. The van der Waals surface area contributed by atoms with Crippen molar-refractivity contribution >= 4 is 40.1 Å². The minimum absolute atomic E-state index is 0.970. The first-order valence-electron chi connectivity index (χ1n) is 7.56. The van der Waals surface area contributed by atoms with E-state index in [4.69, 9.17) is 0 Å². The predicted octanol–water partition coefficient (Wildman–Crippen LogP) is 5.63. The minimum Gasteiger partial charge on any atom is -0.338 e. The van der Waals surface area contributed by atoms with E-state index in [1.54, 1.807) is 11.8 Å². The minimum atomic E-state index is 0.970. The third-order valence-corrected chi connectivity index (χ3v) is 5.11. The molecule has 1 heterocycles. The van der Waals surface area contributed by atoms with Gasteiger partial charge in [-0.15, -0.1) is 0 Å². The van der Waals surface area contributed by atoms with Gasteiger partial charge in [0, 0.05) is 23.5 Å². The Labute approximate surface area is 140 Å². The summed E-state index contributed by atoms with van der Waals surface area (Å²) < 4.78 is 0. The molecule has 0 radical (unpaired) electrons. The van der Waals surface area contributed by atoms with Crippen molar-refractivity contribution in [3.05, 3.63) is 77.8 Å². The molecule has 0 aliphatic carbocycles. The highest BCUT2D eigenvalue weighted by atomic mass is 32.2. The molecule has 0 unspecified atom stereocenters. The molecule has 0 spiro atoms. The summed E-state index contributed by atoms with van der Waals surface area (Å²) in [4.78, 5) is 8.03. The maximum atomic E-state index is 4.49. The van der Waals surface area contributed by atoms with Crippen molar-refractivity contribution in [1.29, 1.82) is 0 Å². The Hall–Kier alpha value is -2.52. The van der Waals surface area contributed by atoms with Gasteiger partial charge in [0.2, 0.25) is 0 Å². The predicted molar refractivity (Wildman–Crippen MR) is 101 cm³/mol. The molecule has 0 saturated carbocycles. The molecule has 3 heteroatoms. The SMILES string of the molecule is CN1/C(=C/C=Nc2ccccc2)Sc2ccc3ccccc3c21. The Morgan fingerprint density at radius 3 is 2.57 bits per heavy atom. The van der Waals surface area contributed by atoms with E-state index in [-0.39, 0.29) is 0 Å². The first-order chi connectivity index (χ1) is 11.3. The summed E-state index contributed by atoms with van der Waals surface area (Å²) in [5, 5.41) is 3.76. The number of allylic oxidation sites excluding steroid dienone is 1. The summed E-state index contributed by atoms with van der Waals surface area (Å²) >= 11 is 1.79. The van der Waals surface area contributed by atoms with Crippen LogP contribution in [0.25, 0.3) is 10.8 Å². The van der Waals surface area contributed by atoms with E-state index in [0.29, 0.717) is 0 Å². The Balaban J connectivity index is 1.67. The van der Waals surface area contributed by atoms with Gasteiger partial charge in [0.15, 0.2) is 0 Å². The van der Waals surface area contributed by atoms with Crippen LogP contribution in [0.2, 0.25) is 0 Å². The zero-order chi connectivity index (χ0) is 15.6. The molecule has 0 aromatic heterocycles. The van der Waals surface area contributed by atoms with Crippen LogP contribution in [0.4, 0.5) is 11.4 Å². The fourth-order valence-electron chi connectivity index (χ4n) is 2.80. The van der Waals surface area contributed by atoms with Crippen molar-refractivity contribution in [2.24, 2.45) is 4.99 Å². The molecule has 0 amide bonds. The number of hydrogen-bond donors (Lipinski definition) is 0. The first kappa shape index (κ1) is 14.1. The summed E-state index contributed by atoms with van der Waals surface area (Å²) in [6.07, 6.45) is 3.95. The van der Waals surface area contributed by atoms with Crippen LogP contribution in [0.3, 0.4) is 0 Å². The Morgan fingerprint density at radius 1 is 0.913 bits per heavy atom. The normalized spacial score (nSPS) is 15.7. The maximum Gasteiger partial charge on any atom is 0.0814 e. The fraction of sp³-hybridized carbons (Fsp3) is 0.0500. The van der Waals surface area contributed by atoms with E-state index in [1.165, 1.54) is 26.4 Å². The van der Waals surface area contributed by atoms with Crippen molar-refractivity contribution in [2.75, 3.05) is 11.9 Å². The Morgan fingerprint density at radius 2 is 1.70 bits per heavy atom. The maximum absolute atomic E-state index is 4.49. The molecular formula is C20H16N2S. The average Bonchev–Trinajstić information content (AvgIpc) is 2.92. The van der Waals surface area contributed by atoms with Crippen LogP contribution in [0.1, 0.15) is 0 Å². The number of rotatable bonds is 2. The number of anilines is 1. The summed E-state index contributed by atoms with van der Waals surface area (Å²) in [5.74, 6) is 0. The van der Waals surface area contributed by atoms with Crippen LogP contribution in [-0.4, -0.2) is 13.3 Å². The van der Waals surface area contributed by atoms with Crippen LogP contribution in [0, 0.1) is 0 Å². The molecule has 0 bridgehead atoms. The van der Waals surface area contributed by atoms with E-state index in [9.17, 15) is 0 Å². The molecule has 0 N–H and O–H groups in total. The van der Waals surface area contributed by atoms with E-state index in [2.05, 4.69) is 59.4 Å². The summed E-state index contributed by atoms with van der Waals surface area (Å²) in [7, 11) is 2.12. The van der Waals surface area contributed by atoms with E-state index >= 15 is 0 Å². The van der Waals surface area contributed by atoms with Crippen LogP contribution < -0.4 is 4.90 Å². The fourth-order valence-corrected chi connectivity index (χ4v) is 3.86. The van der Waals surface area contributed by atoms with E-state index in [1.807, 2.05) is 36.5 Å². The lowest BCUT2D eigenvalue weighted by Gasteiger charge is -2.15. The third kappa shape index (κ3) is 2.64. The molecule has 112 valence electrons. The van der Waals surface area contributed by atoms with Gasteiger partial charge in [0.25, 0.3) is 0 Å². The van der Waals surface area contributed by atoms with Crippen LogP contribution >= 0.6 is 11.8 Å². The smallest absolute Gasteiger partial charge is 0.0814 e. The van der Waals surface area contributed by atoms with E-state index in [0.717, 1.165) is 5.69 Å². The summed E-state index contributed by atoms with van der Waals surface area (Å²) in [6.45, 7) is 0. The highest BCUT2D eigenvalue weighted by Gasteiger charge is 2.23. The average molecular weight is 316 g/mol. The van der Waals surface area contributed by atoms with Gasteiger partial charge in [-0.05, 0) is 29.7 Å². The molecule has 3 aromatic carbocycles. The molecule has 0 fully saturated rings. The quantitative estimate of drug-likeness (QED) is 0.570. The molecule has 0 saturated heterocycles. The second-order valence-electron chi connectivity index (χ2n) is 5.41. The second kappa shape index (κ2) is 5.94. The monoisotopic (exact) mass is 316 g/mol. The molecule has 1 aliphatic rings. The van der Waals surface area contributed by atoms with Crippen LogP contribution in [0.15, 0.2) is 87.7 Å². The molecule has 4 rings (SSSR count). The molecule has 0 atom stereocenters. The highest BCUT2D eigenvalue weighted by molar-refractivity contribution is 8.03. The van der Waals surface area contributed by atoms with Gasteiger partial charge in [0.1, 0.15) is 0 Å². The number of nitrogens with zero attached hydrogens (tertiary/aromatic N) is 2. The van der Waals surface area contributed by atoms with E-state index < -0.39 is 0 Å². The molecule has 1 aliphatic heterocycles. The Bertz CT molecular complexity index is 913. The van der Waals surface area contributed by atoms with Gasteiger partial charge < -0.3 is 4.90 Å². The van der Waals surface area contributed by atoms with Gasteiger partial charge in [-0.25, -0.2) is 0 Å². The van der Waals surface area contributed by atoms with Gasteiger partial charge in [-0.3, -0.25) is 4.99 Å². The van der Waals surface area contributed by atoms with Gasteiger partial charge >= 0.3 is 0 Å². The number of para-hydroxylation sites is 1. The van der Waals surface area contributed by atoms with Gasteiger partial charge in [-0.1, -0.05) is 60.3 Å². The van der Waals surface area contributed by atoms with Crippen molar-refractivity contribution < 1.29 is 0 Å². The number of thioether (sulfide) groups is 1. The van der Waals surface area contributed by atoms with Crippen molar-refractivity contribution in [1.82, 2.24) is 0 Å². The zero-order valence-corrected chi connectivity index (χ0v) is 13.6. The largest absolute Gasteiger partial charge is 0.338 e.